The SMILES string of the molecule is COc1cc(Nc2ccnc(C(C)C)n2)ccc1F. The summed E-state index contributed by atoms with van der Waals surface area (Å²) in [7, 11) is 1.43. The third-order valence-corrected chi connectivity index (χ3v) is 2.61. The van der Waals surface area contributed by atoms with Gasteiger partial charge in [0.2, 0.25) is 0 Å². The van der Waals surface area contributed by atoms with Crippen molar-refractivity contribution in [2.45, 2.75) is 19.8 Å². The van der Waals surface area contributed by atoms with E-state index in [4.69, 9.17) is 4.74 Å². The zero-order valence-corrected chi connectivity index (χ0v) is 11.1. The molecule has 0 spiro atoms. The van der Waals surface area contributed by atoms with Crippen LogP contribution in [0.5, 0.6) is 5.75 Å². The van der Waals surface area contributed by atoms with E-state index in [0.717, 1.165) is 5.82 Å². The van der Waals surface area contributed by atoms with Gasteiger partial charge in [-0.3, -0.25) is 0 Å². The van der Waals surface area contributed by atoms with Gasteiger partial charge in [0.1, 0.15) is 11.6 Å². The molecule has 0 amide bonds. The molecule has 1 aromatic heterocycles. The minimum atomic E-state index is -0.390. The van der Waals surface area contributed by atoms with Crippen LogP contribution in [-0.2, 0) is 0 Å². The highest BCUT2D eigenvalue weighted by Crippen LogP contribution is 2.23. The lowest BCUT2D eigenvalue weighted by Crippen LogP contribution is -2.01. The average Bonchev–Trinajstić information content (AvgIpc) is 2.41. The van der Waals surface area contributed by atoms with Crippen LogP contribution >= 0.6 is 0 Å². The molecule has 4 nitrogen and oxygen atoms in total. The van der Waals surface area contributed by atoms with E-state index < -0.39 is 5.82 Å². The van der Waals surface area contributed by atoms with Crippen molar-refractivity contribution in [1.82, 2.24) is 9.97 Å². The molecule has 0 radical (unpaired) electrons. The van der Waals surface area contributed by atoms with E-state index in [1.165, 1.54) is 13.2 Å². The van der Waals surface area contributed by atoms with Crippen molar-refractivity contribution in [2.24, 2.45) is 0 Å². The van der Waals surface area contributed by atoms with Crippen molar-refractivity contribution < 1.29 is 9.13 Å². The number of methoxy groups -OCH3 is 1. The molecule has 0 atom stereocenters. The predicted octanol–water partition coefficient (Wildman–Crippen LogP) is 3.49. The first-order chi connectivity index (χ1) is 9.10. The number of nitrogens with zero attached hydrogens (tertiary/aromatic N) is 2. The average molecular weight is 261 g/mol. The highest BCUT2D eigenvalue weighted by molar-refractivity contribution is 5.58. The van der Waals surface area contributed by atoms with Crippen LogP contribution in [0.1, 0.15) is 25.6 Å². The third kappa shape index (κ3) is 3.19. The Kier molecular flexibility index (Phi) is 3.94. The van der Waals surface area contributed by atoms with E-state index in [9.17, 15) is 4.39 Å². The minimum absolute atomic E-state index is 0.197. The summed E-state index contributed by atoms with van der Waals surface area (Å²) in [6, 6.07) is 6.34. The molecular formula is C14H16FN3O. The van der Waals surface area contributed by atoms with Crippen LogP contribution in [-0.4, -0.2) is 17.1 Å². The number of anilines is 2. The summed E-state index contributed by atoms with van der Waals surface area (Å²) in [5.74, 6) is 1.50. The van der Waals surface area contributed by atoms with Gasteiger partial charge in [-0.25, -0.2) is 14.4 Å². The fourth-order valence-corrected chi connectivity index (χ4v) is 1.61. The van der Waals surface area contributed by atoms with Crippen LogP contribution in [0.25, 0.3) is 0 Å². The lowest BCUT2D eigenvalue weighted by molar-refractivity contribution is 0.387. The topological polar surface area (TPSA) is 47.0 Å². The monoisotopic (exact) mass is 261 g/mol. The molecule has 0 bridgehead atoms. The standard InChI is InChI=1S/C14H16FN3O/c1-9(2)14-16-7-6-13(18-14)17-10-4-5-11(15)12(8-10)19-3/h4-9H,1-3H3,(H,16,17,18). The lowest BCUT2D eigenvalue weighted by atomic mass is 10.2. The van der Waals surface area contributed by atoms with E-state index >= 15 is 0 Å². The molecule has 2 aromatic rings. The van der Waals surface area contributed by atoms with Crippen molar-refractivity contribution in [2.75, 3.05) is 12.4 Å². The van der Waals surface area contributed by atoms with Crippen LogP contribution < -0.4 is 10.1 Å². The zero-order chi connectivity index (χ0) is 13.8. The second kappa shape index (κ2) is 5.65. The molecule has 0 unspecified atom stereocenters. The maximum Gasteiger partial charge on any atom is 0.165 e. The number of hydrogen-bond donors (Lipinski definition) is 1. The smallest absolute Gasteiger partial charge is 0.165 e. The molecule has 0 aliphatic heterocycles. The maximum absolute atomic E-state index is 13.3. The number of rotatable bonds is 4. The fraction of sp³-hybridized carbons (Fsp3) is 0.286. The largest absolute Gasteiger partial charge is 0.494 e. The molecule has 0 saturated carbocycles. The Bertz CT molecular complexity index is 572. The number of hydrogen-bond acceptors (Lipinski definition) is 4. The van der Waals surface area contributed by atoms with Crippen molar-refractivity contribution in [3.63, 3.8) is 0 Å². The van der Waals surface area contributed by atoms with Crippen molar-refractivity contribution in [3.8, 4) is 5.75 Å². The summed E-state index contributed by atoms with van der Waals surface area (Å²) >= 11 is 0. The molecular weight excluding hydrogens is 245 g/mol. The van der Waals surface area contributed by atoms with E-state index in [-0.39, 0.29) is 11.7 Å². The number of benzene rings is 1. The van der Waals surface area contributed by atoms with Crippen LogP contribution in [0.4, 0.5) is 15.9 Å². The Morgan fingerprint density at radius 2 is 2.05 bits per heavy atom. The van der Waals surface area contributed by atoms with Crippen LogP contribution in [0.15, 0.2) is 30.5 Å². The van der Waals surface area contributed by atoms with Crippen molar-refractivity contribution in [1.29, 1.82) is 0 Å². The summed E-state index contributed by atoms with van der Waals surface area (Å²) in [5, 5.41) is 3.10. The quantitative estimate of drug-likeness (QED) is 0.915. The van der Waals surface area contributed by atoms with Gasteiger partial charge in [0, 0.05) is 23.9 Å². The van der Waals surface area contributed by atoms with Gasteiger partial charge in [0.15, 0.2) is 11.6 Å². The Morgan fingerprint density at radius 1 is 1.26 bits per heavy atom. The van der Waals surface area contributed by atoms with Gasteiger partial charge in [-0.1, -0.05) is 13.8 Å². The molecule has 19 heavy (non-hydrogen) atoms. The van der Waals surface area contributed by atoms with Gasteiger partial charge in [0.05, 0.1) is 7.11 Å². The first-order valence-corrected chi connectivity index (χ1v) is 6.03. The first-order valence-electron chi connectivity index (χ1n) is 6.03. The van der Waals surface area contributed by atoms with E-state index in [1.54, 1.807) is 24.4 Å². The normalized spacial score (nSPS) is 10.6. The molecule has 1 N–H and O–H groups in total. The molecule has 100 valence electrons. The molecule has 5 heteroatoms. The molecule has 0 fully saturated rings. The van der Waals surface area contributed by atoms with E-state index in [1.807, 2.05) is 13.8 Å². The molecule has 0 aliphatic rings. The Labute approximate surface area is 111 Å². The third-order valence-electron chi connectivity index (χ3n) is 2.61. The summed E-state index contributed by atoms with van der Waals surface area (Å²) in [4.78, 5) is 8.58. The van der Waals surface area contributed by atoms with E-state index in [2.05, 4.69) is 15.3 Å². The molecule has 0 saturated heterocycles. The second-order valence-corrected chi connectivity index (χ2v) is 4.43. The Morgan fingerprint density at radius 3 is 2.74 bits per heavy atom. The lowest BCUT2D eigenvalue weighted by Gasteiger charge is -2.10. The zero-order valence-electron chi connectivity index (χ0n) is 11.1. The van der Waals surface area contributed by atoms with Crippen LogP contribution in [0, 0.1) is 5.82 Å². The Hall–Kier alpha value is -2.17. The molecule has 1 heterocycles. The van der Waals surface area contributed by atoms with Crippen molar-refractivity contribution >= 4 is 11.5 Å². The highest BCUT2D eigenvalue weighted by atomic mass is 19.1. The van der Waals surface area contributed by atoms with Gasteiger partial charge in [-0.05, 0) is 18.2 Å². The van der Waals surface area contributed by atoms with Crippen LogP contribution in [0.3, 0.4) is 0 Å². The summed E-state index contributed by atoms with van der Waals surface area (Å²) < 4.78 is 18.2. The number of aromatic nitrogens is 2. The number of halogens is 1. The van der Waals surface area contributed by atoms with Gasteiger partial charge in [-0.15, -0.1) is 0 Å². The van der Waals surface area contributed by atoms with Crippen LogP contribution in [0.2, 0.25) is 0 Å². The summed E-state index contributed by atoms with van der Waals surface area (Å²) in [6.07, 6.45) is 1.70. The Balaban J connectivity index is 2.23. The first kappa shape index (κ1) is 13.3. The fourth-order valence-electron chi connectivity index (χ4n) is 1.61. The summed E-state index contributed by atoms with van der Waals surface area (Å²) in [6.45, 7) is 4.06. The van der Waals surface area contributed by atoms with Gasteiger partial charge in [0.25, 0.3) is 0 Å². The number of nitrogens with one attached hydrogen (secondary N) is 1. The van der Waals surface area contributed by atoms with Gasteiger partial charge < -0.3 is 10.1 Å². The predicted molar refractivity (Wildman–Crippen MR) is 72.4 cm³/mol. The summed E-state index contributed by atoms with van der Waals surface area (Å²) in [5.41, 5.74) is 0.714. The van der Waals surface area contributed by atoms with Gasteiger partial charge >= 0.3 is 0 Å². The van der Waals surface area contributed by atoms with E-state index in [0.29, 0.717) is 11.5 Å². The number of ether oxygens (including phenoxy) is 1. The minimum Gasteiger partial charge on any atom is -0.494 e. The highest BCUT2D eigenvalue weighted by Gasteiger charge is 2.06. The molecule has 2 rings (SSSR count). The second-order valence-electron chi connectivity index (χ2n) is 4.43. The van der Waals surface area contributed by atoms with Crippen molar-refractivity contribution in [3.05, 3.63) is 42.1 Å². The van der Waals surface area contributed by atoms with Gasteiger partial charge in [-0.2, -0.15) is 0 Å². The molecule has 0 aliphatic carbocycles. The molecule has 1 aromatic carbocycles. The maximum atomic E-state index is 13.3.